The second-order valence-corrected chi connectivity index (χ2v) is 6.55. The van der Waals surface area contributed by atoms with Crippen LogP contribution >= 0.6 is 15.9 Å². The molecule has 0 fully saturated rings. The van der Waals surface area contributed by atoms with Gasteiger partial charge in [-0.2, -0.15) is 0 Å². The molecule has 24 heavy (non-hydrogen) atoms. The molecule has 1 heterocycles. The van der Waals surface area contributed by atoms with Crippen LogP contribution in [-0.4, -0.2) is 25.7 Å². The van der Waals surface area contributed by atoms with E-state index in [-0.39, 0.29) is 12.5 Å². The predicted octanol–water partition coefficient (Wildman–Crippen LogP) is 3.89. The minimum Gasteiger partial charge on any atom is -0.486 e. The monoisotopic (exact) mass is 390 g/mol. The molecule has 0 spiro atoms. The van der Waals surface area contributed by atoms with E-state index < -0.39 is 0 Å². The van der Waals surface area contributed by atoms with Gasteiger partial charge in [0.1, 0.15) is 13.2 Å². The Bertz CT molecular complexity index is 777. The van der Waals surface area contributed by atoms with Crippen molar-refractivity contribution in [2.45, 2.75) is 13.8 Å². The Labute approximate surface area is 149 Å². The first-order valence-electron chi connectivity index (χ1n) is 7.73. The Hall–Kier alpha value is -2.21. The quantitative estimate of drug-likeness (QED) is 0.831. The molecule has 6 heteroatoms. The Morgan fingerprint density at radius 2 is 1.79 bits per heavy atom. The number of carbonyl (C=O) groups is 1. The molecular weight excluding hydrogens is 372 g/mol. The van der Waals surface area contributed by atoms with Crippen LogP contribution in [0.15, 0.2) is 34.8 Å². The van der Waals surface area contributed by atoms with E-state index in [9.17, 15) is 4.79 Å². The zero-order valence-corrected chi connectivity index (χ0v) is 15.2. The van der Waals surface area contributed by atoms with Crippen LogP contribution in [0, 0.1) is 13.8 Å². The molecule has 2 N–H and O–H groups in total. The van der Waals surface area contributed by atoms with Crippen molar-refractivity contribution in [3.63, 3.8) is 0 Å². The molecule has 2 aromatic rings. The summed E-state index contributed by atoms with van der Waals surface area (Å²) in [6, 6.07) is 9.69. The smallest absolute Gasteiger partial charge is 0.243 e. The highest BCUT2D eigenvalue weighted by atomic mass is 79.9. The van der Waals surface area contributed by atoms with Crippen molar-refractivity contribution in [3.05, 3.63) is 45.9 Å². The largest absolute Gasteiger partial charge is 0.486 e. The lowest BCUT2D eigenvalue weighted by Gasteiger charge is -2.20. The second kappa shape index (κ2) is 7.13. The van der Waals surface area contributed by atoms with E-state index in [1.165, 1.54) is 0 Å². The molecule has 0 saturated carbocycles. The lowest BCUT2D eigenvalue weighted by Crippen LogP contribution is -2.22. The maximum atomic E-state index is 12.2. The van der Waals surface area contributed by atoms with Crippen molar-refractivity contribution in [2.24, 2.45) is 0 Å². The molecule has 0 aliphatic carbocycles. The number of nitrogens with one attached hydrogen (secondary N) is 2. The number of halogens is 1. The standard InChI is InChI=1S/C18H19BrN2O3/c1-11-3-4-12(2)14(7-11)20-10-18(22)21-15-9-17-16(8-13(15)19)23-5-6-24-17/h3-4,7-9,20H,5-6,10H2,1-2H3,(H,21,22). The van der Waals surface area contributed by atoms with Gasteiger partial charge in [-0.1, -0.05) is 12.1 Å². The summed E-state index contributed by atoms with van der Waals surface area (Å²) >= 11 is 3.45. The average Bonchev–Trinajstić information content (AvgIpc) is 2.56. The van der Waals surface area contributed by atoms with Crippen molar-refractivity contribution >= 4 is 33.2 Å². The van der Waals surface area contributed by atoms with Gasteiger partial charge in [0, 0.05) is 22.3 Å². The zero-order valence-electron chi connectivity index (χ0n) is 13.6. The average molecular weight is 391 g/mol. The van der Waals surface area contributed by atoms with Crippen molar-refractivity contribution in [3.8, 4) is 11.5 Å². The molecule has 0 saturated heterocycles. The Balaban J connectivity index is 1.65. The van der Waals surface area contributed by atoms with Crippen LogP contribution in [-0.2, 0) is 4.79 Å². The van der Waals surface area contributed by atoms with Crippen molar-refractivity contribution < 1.29 is 14.3 Å². The lowest BCUT2D eigenvalue weighted by atomic mass is 10.1. The van der Waals surface area contributed by atoms with Crippen LogP contribution in [0.1, 0.15) is 11.1 Å². The normalized spacial score (nSPS) is 12.6. The number of aryl methyl sites for hydroxylation is 2. The summed E-state index contributed by atoms with van der Waals surface area (Å²) in [5.41, 5.74) is 3.88. The van der Waals surface area contributed by atoms with Crippen LogP contribution in [0.4, 0.5) is 11.4 Å². The van der Waals surface area contributed by atoms with Gasteiger partial charge in [0.05, 0.1) is 12.2 Å². The highest BCUT2D eigenvalue weighted by Crippen LogP contribution is 2.38. The SMILES string of the molecule is Cc1ccc(C)c(NCC(=O)Nc2cc3c(cc2Br)OCCO3)c1. The fourth-order valence-electron chi connectivity index (χ4n) is 2.46. The molecule has 5 nitrogen and oxygen atoms in total. The first-order valence-corrected chi connectivity index (χ1v) is 8.52. The van der Waals surface area contributed by atoms with Gasteiger partial charge in [0.2, 0.25) is 5.91 Å². The number of fused-ring (bicyclic) bond motifs is 1. The number of carbonyl (C=O) groups excluding carboxylic acids is 1. The van der Waals surface area contributed by atoms with Crippen molar-refractivity contribution in [1.29, 1.82) is 0 Å². The molecule has 1 aliphatic heterocycles. The summed E-state index contributed by atoms with van der Waals surface area (Å²) in [6.07, 6.45) is 0. The third-order valence-electron chi connectivity index (χ3n) is 3.74. The van der Waals surface area contributed by atoms with E-state index in [1.54, 1.807) is 6.07 Å². The molecular formula is C18H19BrN2O3. The zero-order chi connectivity index (χ0) is 17.1. The lowest BCUT2D eigenvalue weighted by molar-refractivity contribution is -0.114. The maximum absolute atomic E-state index is 12.2. The number of rotatable bonds is 4. The maximum Gasteiger partial charge on any atom is 0.243 e. The van der Waals surface area contributed by atoms with E-state index in [2.05, 4.69) is 26.6 Å². The highest BCUT2D eigenvalue weighted by molar-refractivity contribution is 9.10. The van der Waals surface area contributed by atoms with Gasteiger partial charge in [-0.05, 0) is 47.0 Å². The topological polar surface area (TPSA) is 59.6 Å². The first-order chi connectivity index (χ1) is 11.5. The molecule has 0 radical (unpaired) electrons. The fourth-order valence-corrected chi connectivity index (χ4v) is 2.88. The Morgan fingerprint density at radius 3 is 2.54 bits per heavy atom. The van der Waals surface area contributed by atoms with E-state index in [0.29, 0.717) is 30.4 Å². The molecule has 0 unspecified atom stereocenters. The van der Waals surface area contributed by atoms with Crippen LogP contribution in [0.5, 0.6) is 11.5 Å². The summed E-state index contributed by atoms with van der Waals surface area (Å²) < 4.78 is 11.8. The van der Waals surface area contributed by atoms with Gasteiger partial charge >= 0.3 is 0 Å². The van der Waals surface area contributed by atoms with Crippen molar-refractivity contribution in [2.75, 3.05) is 30.4 Å². The van der Waals surface area contributed by atoms with Gasteiger partial charge in [0.15, 0.2) is 11.5 Å². The molecule has 1 amide bonds. The molecule has 0 atom stereocenters. The second-order valence-electron chi connectivity index (χ2n) is 5.70. The van der Waals surface area contributed by atoms with Gasteiger partial charge in [-0.3, -0.25) is 4.79 Å². The fraction of sp³-hybridized carbons (Fsp3) is 0.278. The molecule has 126 valence electrons. The van der Waals surface area contributed by atoms with Crippen LogP contribution in [0.25, 0.3) is 0 Å². The molecule has 3 rings (SSSR count). The van der Waals surface area contributed by atoms with Crippen LogP contribution < -0.4 is 20.1 Å². The minimum absolute atomic E-state index is 0.131. The number of amides is 1. The molecule has 0 bridgehead atoms. The highest BCUT2D eigenvalue weighted by Gasteiger charge is 2.16. The summed E-state index contributed by atoms with van der Waals surface area (Å²) in [5.74, 6) is 1.19. The van der Waals surface area contributed by atoms with Gasteiger partial charge < -0.3 is 20.1 Å². The number of hydrogen-bond donors (Lipinski definition) is 2. The number of anilines is 2. The Morgan fingerprint density at radius 1 is 1.08 bits per heavy atom. The third kappa shape index (κ3) is 3.82. The third-order valence-corrected chi connectivity index (χ3v) is 4.39. The summed E-state index contributed by atoms with van der Waals surface area (Å²) in [5, 5.41) is 6.05. The van der Waals surface area contributed by atoms with E-state index in [4.69, 9.17) is 9.47 Å². The van der Waals surface area contributed by atoms with Gasteiger partial charge in [-0.15, -0.1) is 0 Å². The van der Waals surface area contributed by atoms with E-state index in [0.717, 1.165) is 21.3 Å². The number of ether oxygens (including phenoxy) is 2. The predicted molar refractivity (Wildman–Crippen MR) is 98.2 cm³/mol. The Kier molecular flexibility index (Phi) is 4.94. The number of benzene rings is 2. The van der Waals surface area contributed by atoms with Gasteiger partial charge in [-0.25, -0.2) is 0 Å². The summed E-state index contributed by atoms with van der Waals surface area (Å²) in [4.78, 5) is 12.2. The van der Waals surface area contributed by atoms with E-state index >= 15 is 0 Å². The molecule has 2 aromatic carbocycles. The van der Waals surface area contributed by atoms with Gasteiger partial charge in [0.25, 0.3) is 0 Å². The van der Waals surface area contributed by atoms with Crippen LogP contribution in [0.2, 0.25) is 0 Å². The molecule has 0 aromatic heterocycles. The van der Waals surface area contributed by atoms with Crippen molar-refractivity contribution in [1.82, 2.24) is 0 Å². The van der Waals surface area contributed by atoms with E-state index in [1.807, 2.05) is 38.1 Å². The first kappa shape index (κ1) is 16.6. The minimum atomic E-state index is -0.131. The summed E-state index contributed by atoms with van der Waals surface area (Å²) in [7, 11) is 0. The molecule has 1 aliphatic rings. The number of hydrogen-bond acceptors (Lipinski definition) is 4. The van der Waals surface area contributed by atoms with Crippen LogP contribution in [0.3, 0.4) is 0 Å². The summed E-state index contributed by atoms with van der Waals surface area (Å²) in [6.45, 7) is 5.26.